The van der Waals surface area contributed by atoms with Crippen LogP contribution >= 0.6 is 0 Å². The van der Waals surface area contributed by atoms with Crippen molar-refractivity contribution in [2.75, 3.05) is 7.05 Å². The number of hydrogen-bond acceptors (Lipinski definition) is 1. The van der Waals surface area contributed by atoms with E-state index < -0.39 is 0 Å². The average Bonchev–Trinajstić information content (AvgIpc) is 3.23. The van der Waals surface area contributed by atoms with Gasteiger partial charge in [0.1, 0.15) is 0 Å². The maximum Gasteiger partial charge on any atom is 0.0354 e. The third-order valence-electron chi connectivity index (χ3n) is 4.33. The predicted octanol–water partition coefficient (Wildman–Crippen LogP) is 4.06. The molecule has 1 saturated carbocycles. The number of rotatable bonds is 4. The van der Waals surface area contributed by atoms with Crippen LogP contribution < -0.4 is 5.32 Å². The first kappa shape index (κ1) is 12.4. The molecule has 3 unspecified atom stereocenters. The summed E-state index contributed by atoms with van der Waals surface area (Å²) < 4.78 is 0. The number of nitrogens with one attached hydrogen (secondary N) is 1. The van der Waals surface area contributed by atoms with Gasteiger partial charge in [-0.15, -0.1) is 0 Å². The van der Waals surface area contributed by atoms with E-state index in [1.807, 2.05) is 0 Å². The fraction of sp³-hybridized carbons (Fsp3) is 0.333. The minimum atomic E-state index is 0.478. The Labute approximate surface area is 115 Å². The Kier molecular flexibility index (Phi) is 3.39. The summed E-state index contributed by atoms with van der Waals surface area (Å²) in [6, 6.07) is 20.1. The smallest absolute Gasteiger partial charge is 0.0354 e. The number of aryl methyl sites for hydroxylation is 1. The molecule has 0 amide bonds. The third kappa shape index (κ3) is 2.43. The van der Waals surface area contributed by atoms with Crippen LogP contribution in [0.5, 0.6) is 0 Å². The SMILES string of the molecule is CNC(c1ccccc1C)C1CC1c1ccccc1. The molecular weight excluding hydrogens is 230 g/mol. The highest BCUT2D eigenvalue weighted by atomic mass is 14.9. The van der Waals surface area contributed by atoms with Gasteiger partial charge in [0, 0.05) is 6.04 Å². The van der Waals surface area contributed by atoms with Crippen molar-refractivity contribution in [2.24, 2.45) is 5.92 Å². The predicted molar refractivity (Wildman–Crippen MR) is 80.3 cm³/mol. The molecule has 0 aliphatic heterocycles. The topological polar surface area (TPSA) is 12.0 Å². The van der Waals surface area contributed by atoms with E-state index in [1.165, 1.54) is 23.1 Å². The fourth-order valence-corrected chi connectivity index (χ4v) is 3.20. The Morgan fingerprint density at radius 2 is 1.68 bits per heavy atom. The molecule has 1 nitrogen and oxygen atoms in total. The Morgan fingerprint density at radius 3 is 2.37 bits per heavy atom. The van der Waals surface area contributed by atoms with E-state index in [-0.39, 0.29) is 0 Å². The molecule has 0 heterocycles. The van der Waals surface area contributed by atoms with Crippen LogP contribution in [0.3, 0.4) is 0 Å². The molecule has 3 rings (SSSR count). The Morgan fingerprint density at radius 1 is 1.00 bits per heavy atom. The van der Waals surface area contributed by atoms with Gasteiger partial charge in [-0.3, -0.25) is 0 Å². The second-order valence-electron chi connectivity index (χ2n) is 5.54. The third-order valence-corrected chi connectivity index (χ3v) is 4.33. The first-order valence-electron chi connectivity index (χ1n) is 7.09. The van der Waals surface area contributed by atoms with Gasteiger partial charge >= 0.3 is 0 Å². The molecular formula is C18H21N. The van der Waals surface area contributed by atoms with Crippen molar-refractivity contribution in [1.29, 1.82) is 0 Å². The van der Waals surface area contributed by atoms with E-state index in [4.69, 9.17) is 0 Å². The van der Waals surface area contributed by atoms with Crippen molar-refractivity contribution in [2.45, 2.75) is 25.3 Å². The summed E-state index contributed by atoms with van der Waals surface area (Å²) in [6.45, 7) is 2.21. The molecule has 0 radical (unpaired) electrons. The molecule has 3 atom stereocenters. The Bertz CT molecular complexity index is 547. The lowest BCUT2D eigenvalue weighted by atomic mass is 9.95. The van der Waals surface area contributed by atoms with Crippen molar-refractivity contribution in [3.63, 3.8) is 0 Å². The summed E-state index contributed by atoms with van der Waals surface area (Å²) in [5.74, 6) is 1.45. The van der Waals surface area contributed by atoms with Crippen molar-refractivity contribution in [1.82, 2.24) is 5.32 Å². The minimum Gasteiger partial charge on any atom is -0.313 e. The van der Waals surface area contributed by atoms with Crippen LogP contribution in [-0.2, 0) is 0 Å². The summed E-state index contributed by atoms with van der Waals surface area (Å²) in [7, 11) is 2.08. The van der Waals surface area contributed by atoms with Gasteiger partial charge in [-0.25, -0.2) is 0 Å². The largest absolute Gasteiger partial charge is 0.313 e. The van der Waals surface area contributed by atoms with Gasteiger partial charge in [-0.05, 0) is 48.9 Å². The zero-order chi connectivity index (χ0) is 13.2. The Balaban J connectivity index is 1.81. The number of hydrogen-bond donors (Lipinski definition) is 1. The fourth-order valence-electron chi connectivity index (χ4n) is 3.20. The zero-order valence-electron chi connectivity index (χ0n) is 11.6. The highest BCUT2D eigenvalue weighted by Gasteiger charge is 2.43. The summed E-state index contributed by atoms with van der Waals surface area (Å²) in [4.78, 5) is 0. The lowest BCUT2D eigenvalue weighted by Gasteiger charge is -2.19. The maximum atomic E-state index is 3.52. The molecule has 2 aromatic carbocycles. The summed E-state index contributed by atoms with van der Waals surface area (Å²) >= 11 is 0. The van der Waals surface area contributed by atoms with Crippen LogP contribution in [0, 0.1) is 12.8 Å². The van der Waals surface area contributed by atoms with Crippen LogP contribution in [0.1, 0.15) is 35.1 Å². The lowest BCUT2D eigenvalue weighted by molar-refractivity contribution is 0.515. The van der Waals surface area contributed by atoms with E-state index >= 15 is 0 Å². The molecule has 19 heavy (non-hydrogen) atoms. The molecule has 0 bridgehead atoms. The summed E-state index contributed by atoms with van der Waals surface area (Å²) in [5.41, 5.74) is 4.33. The molecule has 1 aliphatic rings. The summed E-state index contributed by atoms with van der Waals surface area (Å²) in [6.07, 6.45) is 1.30. The number of benzene rings is 2. The standard InChI is InChI=1S/C18H21N/c1-13-8-6-7-11-15(13)18(19-2)17-12-16(17)14-9-4-3-5-10-14/h3-11,16-19H,12H2,1-2H3. The highest BCUT2D eigenvalue weighted by molar-refractivity contribution is 5.34. The summed E-state index contributed by atoms with van der Waals surface area (Å²) in [5, 5.41) is 3.52. The monoisotopic (exact) mass is 251 g/mol. The minimum absolute atomic E-state index is 0.478. The average molecular weight is 251 g/mol. The van der Waals surface area contributed by atoms with Gasteiger partial charge in [-0.2, -0.15) is 0 Å². The van der Waals surface area contributed by atoms with Crippen molar-refractivity contribution in [3.05, 3.63) is 71.3 Å². The molecule has 1 N–H and O–H groups in total. The highest BCUT2D eigenvalue weighted by Crippen LogP contribution is 2.54. The maximum absolute atomic E-state index is 3.52. The van der Waals surface area contributed by atoms with Crippen molar-refractivity contribution in [3.8, 4) is 0 Å². The van der Waals surface area contributed by atoms with Gasteiger partial charge in [0.05, 0.1) is 0 Å². The molecule has 1 fully saturated rings. The van der Waals surface area contributed by atoms with Gasteiger partial charge in [0.2, 0.25) is 0 Å². The molecule has 0 spiro atoms. The first-order valence-corrected chi connectivity index (χ1v) is 7.09. The van der Waals surface area contributed by atoms with Crippen LogP contribution in [0.15, 0.2) is 54.6 Å². The van der Waals surface area contributed by atoms with Gasteiger partial charge in [0.25, 0.3) is 0 Å². The quantitative estimate of drug-likeness (QED) is 0.864. The van der Waals surface area contributed by atoms with E-state index in [0.29, 0.717) is 6.04 Å². The molecule has 1 heteroatoms. The van der Waals surface area contributed by atoms with Crippen molar-refractivity contribution < 1.29 is 0 Å². The van der Waals surface area contributed by atoms with Gasteiger partial charge < -0.3 is 5.32 Å². The molecule has 98 valence electrons. The van der Waals surface area contributed by atoms with Crippen LogP contribution in [0.25, 0.3) is 0 Å². The van der Waals surface area contributed by atoms with E-state index in [1.54, 1.807) is 0 Å². The molecule has 0 saturated heterocycles. The molecule has 2 aromatic rings. The Hall–Kier alpha value is -1.60. The van der Waals surface area contributed by atoms with E-state index in [2.05, 4.69) is 73.9 Å². The first-order chi connectivity index (χ1) is 9.31. The molecule has 1 aliphatic carbocycles. The second-order valence-corrected chi connectivity index (χ2v) is 5.54. The van der Waals surface area contributed by atoms with Gasteiger partial charge in [-0.1, -0.05) is 54.6 Å². The van der Waals surface area contributed by atoms with E-state index in [9.17, 15) is 0 Å². The second kappa shape index (κ2) is 5.18. The van der Waals surface area contributed by atoms with Crippen LogP contribution in [-0.4, -0.2) is 7.05 Å². The van der Waals surface area contributed by atoms with E-state index in [0.717, 1.165) is 11.8 Å². The van der Waals surface area contributed by atoms with Gasteiger partial charge in [0.15, 0.2) is 0 Å². The molecule has 0 aromatic heterocycles. The van der Waals surface area contributed by atoms with Crippen LogP contribution in [0.4, 0.5) is 0 Å². The zero-order valence-corrected chi connectivity index (χ0v) is 11.6. The van der Waals surface area contributed by atoms with Crippen molar-refractivity contribution >= 4 is 0 Å². The normalized spacial score (nSPS) is 23.1. The lowest BCUT2D eigenvalue weighted by Crippen LogP contribution is -2.20. The van der Waals surface area contributed by atoms with Crippen LogP contribution in [0.2, 0.25) is 0 Å².